The van der Waals surface area contributed by atoms with Gasteiger partial charge in [0.25, 0.3) is 0 Å². The van der Waals surface area contributed by atoms with Crippen LogP contribution in [0.15, 0.2) is 48.5 Å². The molecule has 0 aliphatic carbocycles. The number of hydrogen-bond acceptors (Lipinski definition) is 1. The first kappa shape index (κ1) is 14.7. The van der Waals surface area contributed by atoms with Gasteiger partial charge in [-0.25, -0.2) is 8.78 Å². The zero-order valence-corrected chi connectivity index (χ0v) is 11.6. The Bertz CT molecular complexity index is 579. The number of halogens is 2. The largest absolute Gasteiger partial charge is 0.392 e. The van der Waals surface area contributed by atoms with Gasteiger partial charge in [-0.15, -0.1) is 0 Å². The summed E-state index contributed by atoms with van der Waals surface area (Å²) >= 11 is 0. The third kappa shape index (κ3) is 3.05. The molecule has 0 radical (unpaired) electrons. The van der Waals surface area contributed by atoms with Crippen molar-refractivity contribution < 1.29 is 13.9 Å². The predicted octanol–water partition coefficient (Wildman–Crippen LogP) is 3.85. The third-order valence-corrected chi connectivity index (χ3v) is 3.77. The summed E-state index contributed by atoms with van der Waals surface area (Å²) in [5.41, 5.74) is 0.617. The molecule has 0 aromatic heterocycles. The van der Waals surface area contributed by atoms with Gasteiger partial charge in [0.1, 0.15) is 11.6 Å². The Morgan fingerprint density at radius 2 is 1.70 bits per heavy atom. The van der Waals surface area contributed by atoms with E-state index in [2.05, 4.69) is 0 Å². The molecule has 1 atom stereocenters. The minimum Gasteiger partial charge on any atom is -0.392 e. The smallest absolute Gasteiger partial charge is 0.126 e. The van der Waals surface area contributed by atoms with Crippen LogP contribution in [0.3, 0.4) is 0 Å². The maximum Gasteiger partial charge on any atom is 0.126 e. The molecular weight excluding hydrogens is 258 g/mol. The van der Waals surface area contributed by atoms with E-state index in [-0.39, 0.29) is 12.0 Å². The van der Waals surface area contributed by atoms with Gasteiger partial charge in [0.2, 0.25) is 0 Å². The Kier molecular flexibility index (Phi) is 4.19. The van der Waals surface area contributed by atoms with E-state index >= 15 is 0 Å². The van der Waals surface area contributed by atoms with E-state index < -0.39 is 23.2 Å². The van der Waals surface area contributed by atoms with Gasteiger partial charge in [0.15, 0.2) is 0 Å². The Labute approximate surface area is 117 Å². The first-order valence-corrected chi connectivity index (χ1v) is 6.59. The van der Waals surface area contributed by atoms with Crippen molar-refractivity contribution >= 4 is 0 Å². The number of hydrogen-bond donors (Lipinski definition) is 1. The fourth-order valence-electron chi connectivity index (χ4n) is 2.22. The highest BCUT2D eigenvalue weighted by Gasteiger charge is 2.30. The van der Waals surface area contributed by atoms with Crippen molar-refractivity contribution in [1.29, 1.82) is 0 Å². The SMILES string of the molecule is CC(C)(c1ccccc1)C(O)Cc1cc(F)ccc1F. The number of aliphatic hydroxyl groups is 1. The van der Waals surface area contributed by atoms with Gasteiger partial charge in [-0.05, 0) is 29.3 Å². The summed E-state index contributed by atoms with van der Waals surface area (Å²) in [6, 6.07) is 12.8. The highest BCUT2D eigenvalue weighted by molar-refractivity contribution is 5.27. The van der Waals surface area contributed by atoms with Crippen LogP contribution in [0.5, 0.6) is 0 Å². The molecule has 20 heavy (non-hydrogen) atoms. The summed E-state index contributed by atoms with van der Waals surface area (Å²) in [6.07, 6.45) is -0.730. The molecule has 0 amide bonds. The summed E-state index contributed by atoms with van der Waals surface area (Å²) in [4.78, 5) is 0. The van der Waals surface area contributed by atoms with Gasteiger partial charge in [-0.1, -0.05) is 44.2 Å². The Morgan fingerprint density at radius 1 is 1.05 bits per heavy atom. The van der Waals surface area contributed by atoms with Gasteiger partial charge < -0.3 is 5.11 Å². The molecular formula is C17H18F2O. The molecule has 1 nitrogen and oxygen atoms in total. The van der Waals surface area contributed by atoms with E-state index in [1.807, 2.05) is 44.2 Å². The predicted molar refractivity (Wildman–Crippen MR) is 75.5 cm³/mol. The molecule has 0 spiro atoms. The van der Waals surface area contributed by atoms with Crippen molar-refractivity contribution in [2.24, 2.45) is 0 Å². The average Bonchev–Trinajstić information content (AvgIpc) is 2.43. The molecule has 0 aliphatic heterocycles. The van der Waals surface area contributed by atoms with E-state index in [0.29, 0.717) is 0 Å². The summed E-state index contributed by atoms with van der Waals surface area (Å²) < 4.78 is 26.8. The zero-order chi connectivity index (χ0) is 14.8. The van der Waals surface area contributed by atoms with E-state index in [1.165, 1.54) is 0 Å². The maximum atomic E-state index is 13.6. The molecule has 106 valence electrons. The van der Waals surface area contributed by atoms with Gasteiger partial charge >= 0.3 is 0 Å². The topological polar surface area (TPSA) is 20.2 Å². The minimum absolute atomic E-state index is 0.0749. The van der Waals surface area contributed by atoms with Crippen molar-refractivity contribution in [3.63, 3.8) is 0 Å². The Morgan fingerprint density at radius 3 is 2.35 bits per heavy atom. The minimum atomic E-state index is -0.804. The lowest BCUT2D eigenvalue weighted by molar-refractivity contribution is 0.0990. The molecule has 0 fully saturated rings. The molecule has 0 aliphatic rings. The van der Waals surface area contributed by atoms with Crippen LogP contribution < -0.4 is 0 Å². The van der Waals surface area contributed by atoms with Crippen molar-refractivity contribution in [2.75, 3.05) is 0 Å². The monoisotopic (exact) mass is 276 g/mol. The molecule has 2 aromatic carbocycles. The molecule has 2 aromatic rings. The van der Waals surface area contributed by atoms with E-state index in [1.54, 1.807) is 0 Å². The van der Waals surface area contributed by atoms with Gasteiger partial charge in [0.05, 0.1) is 6.10 Å². The second kappa shape index (κ2) is 5.71. The molecule has 2 rings (SSSR count). The number of aliphatic hydroxyl groups excluding tert-OH is 1. The zero-order valence-electron chi connectivity index (χ0n) is 11.6. The lowest BCUT2D eigenvalue weighted by atomic mass is 9.77. The lowest BCUT2D eigenvalue weighted by Crippen LogP contribution is -2.35. The van der Waals surface area contributed by atoms with Crippen LogP contribution in [0.4, 0.5) is 8.78 Å². The van der Waals surface area contributed by atoms with Crippen molar-refractivity contribution in [2.45, 2.75) is 31.8 Å². The van der Waals surface area contributed by atoms with Crippen LogP contribution in [0.2, 0.25) is 0 Å². The first-order chi connectivity index (χ1) is 9.41. The van der Waals surface area contributed by atoms with Gasteiger partial charge in [-0.3, -0.25) is 0 Å². The molecule has 3 heteroatoms. The van der Waals surface area contributed by atoms with Crippen LogP contribution in [0, 0.1) is 11.6 Å². The molecule has 0 saturated carbocycles. The van der Waals surface area contributed by atoms with Crippen molar-refractivity contribution in [3.05, 3.63) is 71.3 Å². The lowest BCUT2D eigenvalue weighted by Gasteiger charge is -2.31. The molecule has 0 saturated heterocycles. The van der Waals surface area contributed by atoms with Gasteiger partial charge in [0, 0.05) is 11.8 Å². The summed E-state index contributed by atoms with van der Waals surface area (Å²) in [5, 5.41) is 10.4. The highest BCUT2D eigenvalue weighted by Crippen LogP contribution is 2.29. The maximum absolute atomic E-state index is 13.6. The Balaban J connectivity index is 2.23. The highest BCUT2D eigenvalue weighted by atomic mass is 19.1. The van der Waals surface area contributed by atoms with E-state index in [0.717, 1.165) is 23.8 Å². The summed E-state index contributed by atoms with van der Waals surface area (Å²) in [7, 11) is 0. The quantitative estimate of drug-likeness (QED) is 0.899. The number of benzene rings is 2. The standard InChI is InChI=1S/C17H18F2O/c1-17(2,13-6-4-3-5-7-13)16(20)11-12-10-14(18)8-9-15(12)19/h3-10,16,20H,11H2,1-2H3. The van der Waals surface area contributed by atoms with E-state index in [4.69, 9.17) is 0 Å². The normalized spacial score (nSPS) is 13.2. The molecule has 0 bridgehead atoms. The second-order valence-corrected chi connectivity index (χ2v) is 5.54. The van der Waals surface area contributed by atoms with Crippen LogP contribution in [0.25, 0.3) is 0 Å². The average molecular weight is 276 g/mol. The fraction of sp³-hybridized carbons (Fsp3) is 0.294. The van der Waals surface area contributed by atoms with Crippen LogP contribution >= 0.6 is 0 Å². The summed E-state index contributed by atoms with van der Waals surface area (Å²) in [6.45, 7) is 3.79. The fourth-order valence-corrected chi connectivity index (χ4v) is 2.22. The molecule has 0 heterocycles. The number of rotatable bonds is 4. The van der Waals surface area contributed by atoms with Crippen LogP contribution in [-0.2, 0) is 11.8 Å². The summed E-state index contributed by atoms with van der Waals surface area (Å²) in [5.74, 6) is -0.986. The van der Waals surface area contributed by atoms with Gasteiger partial charge in [-0.2, -0.15) is 0 Å². The third-order valence-electron chi connectivity index (χ3n) is 3.77. The van der Waals surface area contributed by atoms with Crippen LogP contribution in [-0.4, -0.2) is 11.2 Å². The van der Waals surface area contributed by atoms with Crippen molar-refractivity contribution in [1.82, 2.24) is 0 Å². The van der Waals surface area contributed by atoms with Crippen molar-refractivity contribution in [3.8, 4) is 0 Å². The molecule has 1 N–H and O–H groups in total. The second-order valence-electron chi connectivity index (χ2n) is 5.54. The van der Waals surface area contributed by atoms with E-state index in [9.17, 15) is 13.9 Å². The Hall–Kier alpha value is -1.74. The van der Waals surface area contributed by atoms with Crippen LogP contribution in [0.1, 0.15) is 25.0 Å². The first-order valence-electron chi connectivity index (χ1n) is 6.59. The molecule has 1 unspecified atom stereocenters.